The number of aliphatic hydroxyl groups is 1. The molecule has 0 saturated heterocycles. The van der Waals surface area contributed by atoms with Crippen molar-refractivity contribution in [3.8, 4) is 0 Å². The summed E-state index contributed by atoms with van der Waals surface area (Å²) < 4.78 is 0. The van der Waals surface area contributed by atoms with Crippen LogP contribution in [0.1, 0.15) is 12.1 Å². The highest BCUT2D eigenvalue weighted by Gasteiger charge is 2.25. The van der Waals surface area contributed by atoms with Gasteiger partial charge in [-0.15, -0.1) is 6.58 Å². The molecule has 2 aromatic heterocycles. The summed E-state index contributed by atoms with van der Waals surface area (Å²) in [6.07, 6.45) is 5.18. The van der Waals surface area contributed by atoms with Gasteiger partial charge < -0.3 is 5.11 Å². The van der Waals surface area contributed by atoms with Crippen molar-refractivity contribution in [2.24, 2.45) is 0 Å². The summed E-state index contributed by atoms with van der Waals surface area (Å²) in [6.45, 7) is 7.28. The van der Waals surface area contributed by atoms with Gasteiger partial charge >= 0.3 is 0 Å². The zero-order chi connectivity index (χ0) is 12.3. The number of hydrogen-bond donors (Lipinski definition) is 1. The van der Waals surface area contributed by atoms with Gasteiger partial charge in [-0.1, -0.05) is 18.7 Å². The van der Waals surface area contributed by atoms with Gasteiger partial charge in [-0.2, -0.15) is 0 Å². The molecule has 1 unspecified atom stereocenters. The van der Waals surface area contributed by atoms with Crippen molar-refractivity contribution >= 4 is 11.0 Å². The van der Waals surface area contributed by atoms with Crippen LogP contribution < -0.4 is 0 Å². The lowest BCUT2D eigenvalue weighted by Crippen LogP contribution is -2.23. The summed E-state index contributed by atoms with van der Waals surface area (Å²) in [7, 11) is 0. The molecule has 0 amide bonds. The Bertz CT molecular complexity index is 565. The highest BCUT2D eigenvalue weighted by Crippen LogP contribution is 2.26. The molecule has 0 aliphatic carbocycles. The molecule has 0 aromatic carbocycles. The molecular weight excluding hydrogens is 212 g/mol. The van der Waals surface area contributed by atoms with Gasteiger partial charge in [0.2, 0.25) is 0 Å². The van der Waals surface area contributed by atoms with E-state index in [9.17, 15) is 5.11 Å². The van der Waals surface area contributed by atoms with E-state index in [-0.39, 0.29) is 0 Å². The maximum Gasteiger partial charge on any atom is 0.159 e. The average molecular weight is 226 g/mol. The fraction of sp³-hybridized carbons (Fsp3) is 0.143. The zero-order valence-corrected chi connectivity index (χ0v) is 9.50. The Hall–Kier alpha value is -2.00. The predicted octanol–water partition coefficient (Wildman–Crippen LogP) is 2.58. The fourth-order valence-corrected chi connectivity index (χ4v) is 1.71. The molecule has 0 aliphatic rings. The molecule has 2 rings (SSSR count). The molecule has 3 heteroatoms. The minimum absolute atomic E-state index is 0.377. The van der Waals surface area contributed by atoms with Crippen molar-refractivity contribution in [1.82, 2.24) is 9.97 Å². The fourth-order valence-electron chi connectivity index (χ4n) is 1.71. The van der Waals surface area contributed by atoms with E-state index in [4.69, 9.17) is 0 Å². The van der Waals surface area contributed by atoms with E-state index >= 15 is 0 Å². The van der Waals surface area contributed by atoms with E-state index in [0.717, 1.165) is 5.39 Å². The van der Waals surface area contributed by atoms with Crippen LogP contribution in [0.5, 0.6) is 0 Å². The van der Waals surface area contributed by atoms with E-state index in [1.807, 2.05) is 18.2 Å². The Morgan fingerprint density at radius 2 is 2.12 bits per heavy atom. The Kier molecular flexibility index (Phi) is 3.02. The molecule has 2 aromatic rings. The zero-order valence-electron chi connectivity index (χ0n) is 9.50. The minimum atomic E-state index is -1.17. The van der Waals surface area contributed by atoms with Gasteiger partial charge in [0.25, 0.3) is 0 Å². The van der Waals surface area contributed by atoms with E-state index < -0.39 is 5.60 Å². The van der Waals surface area contributed by atoms with Crippen LogP contribution in [0.15, 0.2) is 55.8 Å². The molecule has 0 radical (unpaired) electrons. The van der Waals surface area contributed by atoms with Gasteiger partial charge in [0.15, 0.2) is 5.65 Å². The van der Waals surface area contributed by atoms with E-state index in [1.54, 1.807) is 18.3 Å². The van der Waals surface area contributed by atoms with Gasteiger partial charge in [-0.25, -0.2) is 9.97 Å². The molecule has 0 saturated carbocycles. The summed E-state index contributed by atoms with van der Waals surface area (Å²) in [5.41, 5.74) is -0.0130. The summed E-state index contributed by atoms with van der Waals surface area (Å²) in [5, 5.41) is 11.3. The highest BCUT2D eigenvalue weighted by atomic mass is 16.3. The third kappa shape index (κ3) is 2.10. The number of hydrogen-bond acceptors (Lipinski definition) is 3. The minimum Gasteiger partial charge on any atom is -0.379 e. The second kappa shape index (κ2) is 4.47. The molecule has 0 aliphatic heterocycles. The van der Waals surface area contributed by atoms with Gasteiger partial charge in [-0.3, -0.25) is 0 Å². The Morgan fingerprint density at radius 1 is 1.29 bits per heavy atom. The molecule has 86 valence electrons. The Balaban J connectivity index is 2.55. The molecule has 0 fully saturated rings. The molecule has 0 spiro atoms. The van der Waals surface area contributed by atoms with Crippen LogP contribution in [0.2, 0.25) is 0 Å². The SMILES string of the molecule is C=CCC(O)(C=C)c1ccc2cccnc2n1. The first-order chi connectivity index (χ1) is 8.19. The maximum atomic E-state index is 10.4. The Morgan fingerprint density at radius 3 is 2.82 bits per heavy atom. The van der Waals surface area contributed by atoms with Crippen LogP contribution in [-0.4, -0.2) is 15.1 Å². The summed E-state index contributed by atoms with van der Waals surface area (Å²) in [6, 6.07) is 7.46. The van der Waals surface area contributed by atoms with Crippen molar-refractivity contribution < 1.29 is 5.11 Å². The van der Waals surface area contributed by atoms with Crippen LogP contribution in [0.4, 0.5) is 0 Å². The number of aromatic nitrogens is 2. The van der Waals surface area contributed by atoms with Crippen LogP contribution in [0, 0.1) is 0 Å². The van der Waals surface area contributed by atoms with Gasteiger partial charge in [0, 0.05) is 18.0 Å². The monoisotopic (exact) mass is 226 g/mol. The summed E-state index contributed by atoms with van der Waals surface area (Å²) in [4.78, 5) is 8.52. The smallest absolute Gasteiger partial charge is 0.159 e. The first-order valence-electron chi connectivity index (χ1n) is 5.39. The Labute approximate surface area is 100 Å². The normalized spacial score (nSPS) is 14.2. The van der Waals surface area contributed by atoms with Crippen LogP contribution in [0.3, 0.4) is 0 Å². The van der Waals surface area contributed by atoms with Gasteiger partial charge in [-0.05, 0) is 24.3 Å². The van der Waals surface area contributed by atoms with Crippen molar-refractivity contribution in [3.05, 3.63) is 61.5 Å². The van der Waals surface area contributed by atoms with Crippen LogP contribution in [0.25, 0.3) is 11.0 Å². The molecule has 1 atom stereocenters. The van der Waals surface area contributed by atoms with Crippen molar-refractivity contribution in [2.75, 3.05) is 0 Å². The van der Waals surface area contributed by atoms with Gasteiger partial charge in [0.05, 0.1) is 5.69 Å². The van der Waals surface area contributed by atoms with Crippen LogP contribution >= 0.6 is 0 Å². The van der Waals surface area contributed by atoms with Crippen molar-refractivity contribution in [3.63, 3.8) is 0 Å². The molecular formula is C14H14N2O. The summed E-state index contributed by atoms with van der Waals surface area (Å²) >= 11 is 0. The summed E-state index contributed by atoms with van der Waals surface area (Å²) in [5.74, 6) is 0. The standard InChI is InChI=1S/C14H14N2O/c1-3-9-14(17,4-2)12-8-7-11-6-5-10-15-13(11)16-12/h3-8,10,17H,1-2,9H2. The second-order valence-electron chi connectivity index (χ2n) is 3.87. The predicted molar refractivity (Wildman–Crippen MR) is 68.4 cm³/mol. The first kappa shape index (κ1) is 11.5. The number of rotatable bonds is 4. The van der Waals surface area contributed by atoms with Crippen molar-refractivity contribution in [1.29, 1.82) is 0 Å². The highest BCUT2D eigenvalue weighted by molar-refractivity contribution is 5.74. The lowest BCUT2D eigenvalue weighted by atomic mass is 9.95. The number of fused-ring (bicyclic) bond motifs is 1. The average Bonchev–Trinajstić information content (AvgIpc) is 2.38. The first-order valence-corrected chi connectivity index (χ1v) is 5.39. The third-order valence-electron chi connectivity index (χ3n) is 2.70. The lowest BCUT2D eigenvalue weighted by Gasteiger charge is -2.22. The third-order valence-corrected chi connectivity index (χ3v) is 2.70. The molecule has 3 nitrogen and oxygen atoms in total. The topological polar surface area (TPSA) is 46.0 Å². The van der Waals surface area contributed by atoms with Gasteiger partial charge in [0.1, 0.15) is 5.60 Å². The van der Waals surface area contributed by atoms with Crippen LogP contribution in [-0.2, 0) is 5.60 Å². The molecule has 2 heterocycles. The van der Waals surface area contributed by atoms with Crippen molar-refractivity contribution in [2.45, 2.75) is 12.0 Å². The molecule has 0 bridgehead atoms. The maximum absolute atomic E-state index is 10.4. The molecule has 17 heavy (non-hydrogen) atoms. The number of nitrogens with zero attached hydrogens (tertiary/aromatic N) is 2. The molecule has 1 N–H and O–H groups in total. The van der Waals surface area contributed by atoms with E-state index in [1.165, 1.54) is 6.08 Å². The largest absolute Gasteiger partial charge is 0.379 e. The number of pyridine rings is 2. The van der Waals surface area contributed by atoms with E-state index in [2.05, 4.69) is 23.1 Å². The second-order valence-corrected chi connectivity index (χ2v) is 3.87. The quantitative estimate of drug-likeness (QED) is 0.815. The van der Waals surface area contributed by atoms with E-state index in [0.29, 0.717) is 17.8 Å². The lowest BCUT2D eigenvalue weighted by molar-refractivity contribution is 0.0889.